The lowest BCUT2D eigenvalue weighted by Crippen LogP contribution is -2.22. The predicted molar refractivity (Wildman–Crippen MR) is 54.6 cm³/mol. The van der Waals surface area contributed by atoms with Gasteiger partial charge in [0.25, 0.3) is 0 Å². The zero-order valence-corrected chi connectivity index (χ0v) is 8.82. The van der Waals surface area contributed by atoms with Crippen molar-refractivity contribution in [2.75, 3.05) is 0 Å². The molecule has 1 aliphatic carbocycles. The summed E-state index contributed by atoms with van der Waals surface area (Å²) in [5.41, 5.74) is 0. The van der Waals surface area contributed by atoms with Gasteiger partial charge in [-0.25, -0.2) is 0 Å². The first-order valence-corrected chi connectivity index (χ1v) is 5.54. The molecule has 0 aromatic rings. The van der Waals surface area contributed by atoms with E-state index in [-0.39, 0.29) is 6.42 Å². The average molecular weight is 214 g/mol. The molecule has 1 atom stereocenters. The van der Waals surface area contributed by atoms with E-state index in [1.165, 1.54) is 6.42 Å². The number of carboxylic acid groups (broad SMARTS) is 2. The summed E-state index contributed by atoms with van der Waals surface area (Å²) in [7, 11) is 0. The van der Waals surface area contributed by atoms with E-state index in [1.54, 1.807) is 0 Å². The molecule has 0 unspecified atom stereocenters. The Morgan fingerprint density at radius 1 is 1.13 bits per heavy atom. The Balaban J connectivity index is 2.42. The minimum atomic E-state index is -1.02. The number of hydrogen-bond acceptors (Lipinski definition) is 2. The summed E-state index contributed by atoms with van der Waals surface area (Å²) < 4.78 is 0. The van der Waals surface area contributed by atoms with Crippen molar-refractivity contribution in [2.45, 2.75) is 44.9 Å². The lowest BCUT2D eigenvalue weighted by atomic mass is 9.82. The van der Waals surface area contributed by atoms with Crippen LogP contribution < -0.4 is 0 Å². The standard InChI is InChI=1S/C11H18O4/c12-10(13)7-9(11(14)15)6-8-4-2-1-3-5-8/h8-9H,1-7H2,(H,12,13)(H,14,15)/t9-/m0/s1. The summed E-state index contributed by atoms with van der Waals surface area (Å²) in [6, 6.07) is 0. The van der Waals surface area contributed by atoms with Gasteiger partial charge in [-0.2, -0.15) is 0 Å². The molecule has 0 saturated heterocycles. The van der Waals surface area contributed by atoms with Crippen LogP contribution in [0.15, 0.2) is 0 Å². The van der Waals surface area contributed by atoms with Crippen molar-refractivity contribution in [3.05, 3.63) is 0 Å². The van der Waals surface area contributed by atoms with E-state index in [4.69, 9.17) is 10.2 Å². The van der Waals surface area contributed by atoms with Crippen LogP contribution in [0.5, 0.6) is 0 Å². The summed E-state index contributed by atoms with van der Waals surface area (Å²) in [4.78, 5) is 21.3. The largest absolute Gasteiger partial charge is 0.481 e. The monoisotopic (exact) mass is 214 g/mol. The second-order valence-electron chi connectivity index (χ2n) is 4.37. The molecule has 0 spiro atoms. The fourth-order valence-corrected chi connectivity index (χ4v) is 2.31. The van der Waals surface area contributed by atoms with Crippen LogP contribution in [-0.4, -0.2) is 22.2 Å². The number of hydrogen-bond donors (Lipinski definition) is 2. The van der Waals surface area contributed by atoms with Gasteiger partial charge in [-0.15, -0.1) is 0 Å². The van der Waals surface area contributed by atoms with Gasteiger partial charge in [0.05, 0.1) is 12.3 Å². The van der Waals surface area contributed by atoms with E-state index >= 15 is 0 Å². The topological polar surface area (TPSA) is 74.6 Å². The number of carbonyl (C=O) groups is 2. The fourth-order valence-electron chi connectivity index (χ4n) is 2.31. The van der Waals surface area contributed by atoms with Crippen molar-refractivity contribution in [3.8, 4) is 0 Å². The van der Waals surface area contributed by atoms with Crippen LogP contribution in [0.2, 0.25) is 0 Å². The highest BCUT2D eigenvalue weighted by Gasteiger charge is 2.25. The summed E-state index contributed by atoms with van der Waals surface area (Å²) in [5.74, 6) is -2.27. The van der Waals surface area contributed by atoms with Gasteiger partial charge in [-0.05, 0) is 12.3 Å². The van der Waals surface area contributed by atoms with Gasteiger partial charge in [-0.3, -0.25) is 9.59 Å². The molecule has 0 radical (unpaired) electrons. The van der Waals surface area contributed by atoms with Crippen molar-refractivity contribution in [1.82, 2.24) is 0 Å². The molecule has 4 nitrogen and oxygen atoms in total. The van der Waals surface area contributed by atoms with Gasteiger partial charge in [-0.1, -0.05) is 32.1 Å². The van der Waals surface area contributed by atoms with E-state index < -0.39 is 17.9 Å². The Kier molecular flexibility index (Phi) is 4.59. The molecule has 2 N–H and O–H groups in total. The Morgan fingerprint density at radius 3 is 2.20 bits per heavy atom. The third kappa shape index (κ3) is 4.32. The number of aliphatic carboxylic acids is 2. The normalized spacial score (nSPS) is 19.7. The summed E-state index contributed by atoms with van der Waals surface area (Å²) in [6.45, 7) is 0. The molecule has 0 heterocycles. The predicted octanol–water partition coefficient (Wildman–Crippen LogP) is 2.13. The molecule has 86 valence electrons. The number of carboxylic acids is 2. The second-order valence-corrected chi connectivity index (χ2v) is 4.37. The first-order chi connectivity index (χ1) is 7.09. The van der Waals surface area contributed by atoms with Gasteiger partial charge in [0, 0.05) is 0 Å². The van der Waals surface area contributed by atoms with Crippen LogP contribution in [0.1, 0.15) is 44.9 Å². The smallest absolute Gasteiger partial charge is 0.307 e. The average Bonchev–Trinajstić information content (AvgIpc) is 2.17. The molecule has 0 aromatic heterocycles. The van der Waals surface area contributed by atoms with Crippen molar-refractivity contribution in [1.29, 1.82) is 0 Å². The Hall–Kier alpha value is -1.06. The molecule has 15 heavy (non-hydrogen) atoms. The van der Waals surface area contributed by atoms with Gasteiger partial charge >= 0.3 is 11.9 Å². The van der Waals surface area contributed by atoms with Crippen LogP contribution in [-0.2, 0) is 9.59 Å². The lowest BCUT2D eigenvalue weighted by molar-refractivity contribution is -0.149. The zero-order chi connectivity index (χ0) is 11.3. The van der Waals surface area contributed by atoms with Crippen molar-refractivity contribution < 1.29 is 19.8 Å². The van der Waals surface area contributed by atoms with Gasteiger partial charge in [0.1, 0.15) is 0 Å². The molecular weight excluding hydrogens is 196 g/mol. The molecule has 0 aliphatic heterocycles. The summed E-state index contributed by atoms with van der Waals surface area (Å²) >= 11 is 0. The lowest BCUT2D eigenvalue weighted by Gasteiger charge is -2.23. The maximum Gasteiger partial charge on any atom is 0.307 e. The Bertz CT molecular complexity index is 231. The number of rotatable bonds is 5. The van der Waals surface area contributed by atoms with E-state index in [9.17, 15) is 9.59 Å². The van der Waals surface area contributed by atoms with Crippen molar-refractivity contribution in [2.24, 2.45) is 11.8 Å². The minimum absolute atomic E-state index is 0.244. The van der Waals surface area contributed by atoms with E-state index in [0.29, 0.717) is 12.3 Å². The highest BCUT2D eigenvalue weighted by Crippen LogP contribution is 2.30. The van der Waals surface area contributed by atoms with Gasteiger partial charge < -0.3 is 10.2 Å². The molecule has 1 aliphatic rings. The van der Waals surface area contributed by atoms with Crippen LogP contribution >= 0.6 is 0 Å². The summed E-state index contributed by atoms with van der Waals surface area (Å²) in [6.07, 6.45) is 5.95. The highest BCUT2D eigenvalue weighted by atomic mass is 16.4. The zero-order valence-electron chi connectivity index (χ0n) is 8.82. The molecule has 1 fully saturated rings. The molecular formula is C11H18O4. The quantitative estimate of drug-likeness (QED) is 0.735. The maximum atomic E-state index is 10.8. The first-order valence-electron chi connectivity index (χ1n) is 5.54. The molecule has 0 amide bonds. The maximum absolute atomic E-state index is 10.8. The molecule has 0 bridgehead atoms. The third-order valence-electron chi connectivity index (χ3n) is 3.11. The SMILES string of the molecule is O=C(O)C[C@H](CC1CCCCC1)C(=O)O. The fraction of sp³-hybridized carbons (Fsp3) is 0.818. The highest BCUT2D eigenvalue weighted by molar-refractivity contribution is 5.77. The minimum Gasteiger partial charge on any atom is -0.481 e. The van der Waals surface area contributed by atoms with Crippen molar-refractivity contribution >= 4 is 11.9 Å². The Morgan fingerprint density at radius 2 is 1.73 bits per heavy atom. The van der Waals surface area contributed by atoms with Gasteiger partial charge in [0.15, 0.2) is 0 Å². The molecule has 4 heteroatoms. The first kappa shape index (κ1) is 12.0. The molecule has 0 aromatic carbocycles. The van der Waals surface area contributed by atoms with E-state index in [1.807, 2.05) is 0 Å². The molecule has 1 rings (SSSR count). The van der Waals surface area contributed by atoms with Gasteiger partial charge in [0.2, 0.25) is 0 Å². The Labute approximate surface area is 89.3 Å². The van der Waals surface area contributed by atoms with Crippen LogP contribution in [0.25, 0.3) is 0 Å². The van der Waals surface area contributed by atoms with E-state index in [0.717, 1.165) is 25.7 Å². The second kappa shape index (κ2) is 5.73. The van der Waals surface area contributed by atoms with Crippen LogP contribution in [0.3, 0.4) is 0 Å². The van der Waals surface area contributed by atoms with Crippen LogP contribution in [0.4, 0.5) is 0 Å². The molecule has 1 saturated carbocycles. The van der Waals surface area contributed by atoms with Crippen molar-refractivity contribution in [3.63, 3.8) is 0 Å². The van der Waals surface area contributed by atoms with E-state index in [2.05, 4.69) is 0 Å². The third-order valence-corrected chi connectivity index (χ3v) is 3.11. The summed E-state index contributed by atoms with van der Waals surface area (Å²) in [5, 5.41) is 17.5. The van der Waals surface area contributed by atoms with Crippen LogP contribution in [0, 0.1) is 11.8 Å².